The Labute approximate surface area is 113 Å². The molecule has 3 nitrogen and oxygen atoms in total. The van der Waals surface area contributed by atoms with Crippen molar-refractivity contribution in [1.82, 2.24) is 5.32 Å². The first-order valence-electron chi connectivity index (χ1n) is 6.49. The van der Waals surface area contributed by atoms with Crippen molar-refractivity contribution in [1.29, 1.82) is 0 Å². The smallest absolute Gasteiger partial charge is 0.220 e. The van der Waals surface area contributed by atoms with E-state index in [1.165, 1.54) is 9.75 Å². The van der Waals surface area contributed by atoms with E-state index in [2.05, 4.69) is 24.4 Å². The number of hydrogen-bond acceptors (Lipinski definition) is 3. The summed E-state index contributed by atoms with van der Waals surface area (Å²) in [5.74, 6) is 0.211. The van der Waals surface area contributed by atoms with Crippen LogP contribution >= 0.6 is 11.3 Å². The van der Waals surface area contributed by atoms with Gasteiger partial charge < -0.3 is 10.4 Å². The van der Waals surface area contributed by atoms with Crippen molar-refractivity contribution in [2.24, 2.45) is 5.92 Å². The van der Waals surface area contributed by atoms with Crippen LogP contribution in [0.3, 0.4) is 0 Å². The molecule has 1 atom stereocenters. The first-order chi connectivity index (χ1) is 8.49. The summed E-state index contributed by atoms with van der Waals surface area (Å²) in [4.78, 5) is 14.2. The predicted molar refractivity (Wildman–Crippen MR) is 75.8 cm³/mol. The highest BCUT2D eigenvalue weighted by atomic mass is 32.1. The fraction of sp³-hybridized carbons (Fsp3) is 0.643. The van der Waals surface area contributed by atoms with Crippen LogP contribution in [0.1, 0.15) is 36.4 Å². The summed E-state index contributed by atoms with van der Waals surface area (Å²) in [6.07, 6.45) is 1.90. The largest absolute Gasteiger partial charge is 0.391 e. The molecular weight excluding hydrogens is 246 g/mol. The highest BCUT2D eigenvalue weighted by Gasteiger charge is 2.10. The number of carbonyl (C=O) groups excluding carboxylic acids is 1. The highest BCUT2D eigenvalue weighted by molar-refractivity contribution is 7.11. The number of amides is 1. The SMILES string of the molecule is Cc1ccc(CCCC(=O)NCC(O)C(C)C)s1. The topological polar surface area (TPSA) is 49.3 Å². The fourth-order valence-electron chi connectivity index (χ4n) is 1.59. The Morgan fingerprint density at radius 2 is 2.17 bits per heavy atom. The molecule has 0 spiro atoms. The van der Waals surface area contributed by atoms with E-state index < -0.39 is 6.10 Å². The molecule has 1 unspecified atom stereocenters. The first kappa shape index (κ1) is 15.2. The van der Waals surface area contributed by atoms with Crippen molar-refractivity contribution in [2.75, 3.05) is 6.54 Å². The predicted octanol–water partition coefficient (Wildman–Crippen LogP) is 2.51. The van der Waals surface area contributed by atoms with Crippen molar-refractivity contribution >= 4 is 17.2 Å². The zero-order valence-electron chi connectivity index (χ0n) is 11.4. The molecule has 0 aliphatic rings. The van der Waals surface area contributed by atoms with Gasteiger partial charge in [0, 0.05) is 22.7 Å². The van der Waals surface area contributed by atoms with Gasteiger partial charge in [-0.05, 0) is 37.8 Å². The molecule has 0 bridgehead atoms. The van der Waals surface area contributed by atoms with Crippen LogP contribution < -0.4 is 5.32 Å². The maximum Gasteiger partial charge on any atom is 0.220 e. The number of aryl methyl sites for hydroxylation is 2. The van der Waals surface area contributed by atoms with Gasteiger partial charge in [0.15, 0.2) is 0 Å². The summed E-state index contributed by atoms with van der Waals surface area (Å²) in [7, 11) is 0. The third-order valence-electron chi connectivity index (χ3n) is 2.90. The molecule has 102 valence electrons. The van der Waals surface area contributed by atoms with Crippen molar-refractivity contribution in [3.63, 3.8) is 0 Å². The standard InChI is InChI=1S/C14H23NO2S/c1-10(2)13(16)9-15-14(17)6-4-5-12-8-7-11(3)18-12/h7-8,10,13,16H,4-6,9H2,1-3H3,(H,15,17). The van der Waals surface area contributed by atoms with Gasteiger partial charge in [0.25, 0.3) is 0 Å². The van der Waals surface area contributed by atoms with Crippen LogP contribution in [0.25, 0.3) is 0 Å². The molecule has 1 rings (SSSR count). The van der Waals surface area contributed by atoms with Crippen molar-refractivity contribution < 1.29 is 9.90 Å². The summed E-state index contributed by atoms with van der Waals surface area (Å²) in [6.45, 7) is 6.33. The lowest BCUT2D eigenvalue weighted by Crippen LogP contribution is -2.34. The lowest BCUT2D eigenvalue weighted by atomic mass is 10.1. The second-order valence-corrected chi connectivity index (χ2v) is 6.35. The molecule has 1 heterocycles. The van der Waals surface area contributed by atoms with Crippen molar-refractivity contribution in [3.8, 4) is 0 Å². The average Bonchev–Trinajstić information content (AvgIpc) is 2.71. The van der Waals surface area contributed by atoms with E-state index in [4.69, 9.17) is 0 Å². The first-order valence-corrected chi connectivity index (χ1v) is 7.30. The Hall–Kier alpha value is -0.870. The number of thiophene rings is 1. The minimum absolute atomic E-state index is 0.0305. The van der Waals surface area contributed by atoms with Gasteiger partial charge in [-0.25, -0.2) is 0 Å². The Balaban J connectivity index is 2.14. The molecule has 1 aromatic rings. The molecule has 0 aliphatic carbocycles. The van der Waals surface area contributed by atoms with Crippen LogP contribution in [0.5, 0.6) is 0 Å². The molecule has 1 amide bonds. The summed E-state index contributed by atoms with van der Waals surface area (Å²) in [6, 6.07) is 4.24. The molecule has 0 aliphatic heterocycles. The van der Waals surface area contributed by atoms with E-state index in [0.717, 1.165) is 12.8 Å². The van der Waals surface area contributed by atoms with E-state index >= 15 is 0 Å². The van der Waals surface area contributed by atoms with Gasteiger partial charge in [-0.15, -0.1) is 11.3 Å². The van der Waals surface area contributed by atoms with E-state index in [-0.39, 0.29) is 11.8 Å². The Morgan fingerprint density at radius 3 is 2.72 bits per heavy atom. The third-order valence-corrected chi connectivity index (χ3v) is 3.96. The van der Waals surface area contributed by atoms with E-state index in [9.17, 15) is 9.90 Å². The quantitative estimate of drug-likeness (QED) is 0.799. The highest BCUT2D eigenvalue weighted by Crippen LogP contribution is 2.17. The number of carbonyl (C=O) groups is 1. The second-order valence-electron chi connectivity index (χ2n) is 4.98. The zero-order valence-corrected chi connectivity index (χ0v) is 12.2. The van der Waals surface area contributed by atoms with Gasteiger partial charge in [0.2, 0.25) is 5.91 Å². The van der Waals surface area contributed by atoms with Crippen molar-refractivity contribution in [3.05, 3.63) is 21.9 Å². The molecule has 4 heteroatoms. The van der Waals surface area contributed by atoms with Crippen LogP contribution in [0.2, 0.25) is 0 Å². The average molecular weight is 269 g/mol. The molecule has 0 radical (unpaired) electrons. The van der Waals surface area contributed by atoms with Gasteiger partial charge in [-0.2, -0.15) is 0 Å². The number of aliphatic hydroxyl groups excluding tert-OH is 1. The van der Waals surface area contributed by atoms with E-state index in [1.54, 1.807) is 11.3 Å². The second kappa shape index (κ2) is 7.54. The van der Waals surface area contributed by atoms with Crippen LogP contribution in [0, 0.1) is 12.8 Å². The minimum atomic E-state index is -0.450. The van der Waals surface area contributed by atoms with Gasteiger partial charge in [-0.3, -0.25) is 4.79 Å². The number of nitrogens with one attached hydrogen (secondary N) is 1. The molecule has 0 saturated heterocycles. The molecular formula is C14H23NO2S. The van der Waals surface area contributed by atoms with Crippen molar-refractivity contribution in [2.45, 2.75) is 46.1 Å². The van der Waals surface area contributed by atoms with Gasteiger partial charge in [0.1, 0.15) is 0 Å². The normalized spacial score (nSPS) is 12.7. The Morgan fingerprint density at radius 1 is 1.44 bits per heavy atom. The summed E-state index contributed by atoms with van der Waals surface area (Å²) < 4.78 is 0. The van der Waals surface area contributed by atoms with Crippen LogP contribution in [-0.2, 0) is 11.2 Å². The number of rotatable bonds is 7. The molecule has 0 fully saturated rings. The fourth-order valence-corrected chi connectivity index (χ4v) is 2.52. The lowest BCUT2D eigenvalue weighted by molar-refractivity contribution is -0.121. The summed E-state index contributed by atoms with van der Waals surface area (Å²) in [5, 5.41) is 12.3. The van der Waals surface area contributed by atoms with Crippen LogP contribution in [-0.4, -0.2) is 23.7 Å². The maximum atomic E-state index is 11.5. The van der Waals surface area contributed by atoms with Gasteiger partial charge in [-0.1, -0.05) is 13.8 Å². The number of hydrogen-bond donors (Lipinski definition) is 2. The summed E-state index contributed by atoms with van der Waals surface area (Å²) >= 11 is 1.79. The Kier molecular flexibility index (Phi) is 6.36. The zero-order chi connectivity index (χ0) is 13.5. The van der Waals surface area contributed by atoms with Gasteiger partial charge >= 0.3 is 0 Å². The van der Waals surface area contributed by atoms with E-state index in [1.807, 2.05) is 13.8 Å². The van der Waals surface area contributed by atoms with Gasteiger partial charge in [0.05, 0.1) is 6.10 Å². The maximum absolute atomic E-state index is 11.5. The monoisotopic (exact) mass is 269 g/mol. The lowest BCUT2D eigenvalue weighted by Gasteiger charge is -2.14. The van der Waals surface area contributed by atoms with E-state index in [0.29, 0.717) is 13.0 Å². The molecule has 18 heavy (non-hydrogen) atoms. The van der Waals surface area contributed by atoms with Crippen LogP contribution in [0.4, 0.5) is 0 Å². The Bertz CT molecular complexity index is 374. The number of aliphatic hydroxyl groups is 1. The molecule has 2 N–H and O–H groups in total. The van der Waals surface area contributed by atoms with Crippen LogP contribution in [0.15, 0.2) is 12.1 Å². The molecule has 1 aromatic heterocycles. The molecule has 0 saturated carbocycles. The molecule has 0 aromatic carbocycles. The third kappa shape index (κ3) is 5.65. The minimum Gasteiger partial charge on any atom is -0.391 e. The summed E-state index contributed by atoms with van der Waals surface area (Å²) in [5.41, 5.74) is 0.